The van der Waals surface area contributed by atoms with Gasteiger partial charge in [0.1, 0.15) is 5.75 Å². The van der Waals surface area contributed by atoms with Crippen LogP contribution in [0.3, 0.4) is 0 Å². The van der Waals surface area contributed by atoms with Gasteiger partial charge < -0.3 is 30.8 Å². The number of fused-ring (bicyclic) bond motifs is 1. The molecule has 2 heterocycles. The SMILES string of the molecule is COc1cc(N)c(Cl)cc1C(=O)N[C@@H]1CCN(CCNc2nc3ccccc3[nH]2)C[C@@H]1OC. The van der Waals surface area contributed by atoms with Crippen LogP contribution in [-0.4, -0.2) is 73.3 Å². The highest BCUT2D eigenvalue weighted by Crippen LogP contribution is 2.29. The Labute approximate surface area is 197 Å². The number of hydrogen-bond acceptors (Lipinski definition) is 7. The summed E-state index contributed by atoms with van der Waals surface area (Å²) < 4.78 is 11.0. The first-order valence-electron chi connectivity index (χ1n) is 10.9. The number of aromatic nitrogens is 2. The van der Waals surface area contributed by atoms with Gasteiger partial charge in [-0.25, -0.2) is 4.98 Å². The average molecular weight is 473 g/mol. The van der Waals surface area contributed by atoms with Crippen LogP contribution in [0, 0.1) is 0 Å². The summed E-state index contributed by atoms with van der Waals surface area (Å²) in [5.41, 5.74) is 8.49. The lowest BCUT2D eigenvalue weighted by Crippen LogP contribution is -2.55. The van der Waals surface area contributed by atoms with Crippen LogP contribution in [0.2, 0.25) is 5.02 Å². The lowest BCUT2D eigenvalue weighted by molar-refractivity contribution is 0.00762. The van der Waals surface area contributed by atoms with Crippen LogP contribution in [0.5, 0.6) is 5.75 Å². The Morgan fingerprint density at radius 1 is 1.33 bits per heavy atom. The fourth-order valence-corrected chi connectivity index (χ4v) is 4.28. The number of piperidine rings is 1. The van der Waals surface area contributed by atoms with Gasteiger partial charge in [0.05, 0.1) is 46.6 Å². The first-order valence-corrected chi connectivity index (χ1v) is 11.2. The Hall–Kier alpha value is -3.01. The van der Waals surface area contributed by atoms with Crippen molar-refractivity contribution in [2.24, 2.45) is 0 Å². The second-order valence-electron chi connectivity index (χ2n) is 8.05. The molecule has 0 saturated carbocycles. The summed E-state index contributed by atoms with van der Waals surface area (Å²) in [5, 5.41) is 6.74. The number of likely N-dealkylation sites (tertiary alicyclic amines) is 1. The normalized spacial score (nSPS) is 18.9. The number of aromatic amines is 1. The summed E-state index contributed by atoms with van der Waals surface area (Å²) in [6.07, 6.45) is 0.629. The van der Waals surface area contributed by atoms with Crippen LogP contribution in [0.1, 0.15) is 16.8 Å². The number of nitrogen functional groups attached to an aromatic ring is 1. The predicted octanol–water partition coefficient (Wildman–Crippen LogP) is 2.74. The van der Waals surface area contributed by atoms with E-state index in [1.54, 1.807) is 13.2 Å². The molecular formula is C23H29ClN6O3. The summed E-state index contributed by atoms with van der Waals surface area (Å²) in [6.45, 7) is 3.13. The number of nitrogens with one attached hydrogen (secondary N) is 3. The molecule has 2 aromatic carbocycles. The molecule has 10 heteroatoms. The minimum absolute atomic E-state index is 0.122. The van der Waals surface area contributed by atoms with Gasteiger partial charge in [0, 0.05) is 39.4 Å². The smallest absolute Gasteiger partial charge is 0.255 e. The molecule has 1 aromatic heterocycles. The van der Waals surface area contributed by atoms with Gasteiger partial charge in [-0.2, -0.15) is 0 Å². The second kappa shape index (κ2) is 10.3. The third-order valence-corrected chi connectivity index (χ3v) is 6.26. The molecule has 3 aromatic rings. The van der Waals surface area contributed by atoms with Crippen LogP contribution < -0.4 is 21.1 Å². The van der Waals surface area contributed by atoms with E-state index in [9.17, 15) is 4.79 Å². The Bertz CT molecular complexity index is 1090. The number of carbonyl (C=O) groups is 1. The predicted molar refractivity (Wildman–Crippen MR) is 130 cm³/mol. The lowest BCUT2D eigenvalue weighted by atomic mass is 10.0. The molecule has 1 amide bonds. The van der Waals surface area contributed by atoms with E-state index in [0.29, 0.717) is 28.6 Å². The number of imidazole rings is 1. The fraction of sp³-hybridized carbons (Fsp3) is 0.391. The summed E-state index contributed by atoms with van der Waals surface area (Å²) >= 11 is 6.12. The minimum atomic E-state index is -0.263. The molecule has 0 bridgehead atoms. The zero-order valence-corrected chi connectivity index (χ0v) is 19.5. The molecule has 0 spiro atoms. The van der Waals surface area contributed by atoms with Gasteiger partial charge in [0.15, 0.2) is 0 Å². The topological polar surface area (TPSA) is 118 Å². The molecule has 9 nitrogen and oxygen atoms in total. The Balaban J connectivity index is 1.31. The van der Waals surface area contributed by atoms with Gasteiger partial charge in [-0.1, -0.05) is 23.7 Å². The molecule has 4 rings (SSSR count). The highest BCUT2D eigenvalue weighted by Gasteiger charge is 2.31. The average Bonchev–Trinajstić information content (AvgIpc) is 3.24. The van der Waals surface area contributed by atoms with Crippen LogP contribution in [0.25, 0.3) is 11.0 Å². The van der Waals surface area contributed by atoms with Gasteiger partial charge in [0.25, 0.3) is 5.91 Å². The molecule has 176 valence electrons. The Morgan fingerprint density at radius 3 is 2.91 bits per heavy atom. The van der Waals surface area contributed by atoms with Crippen molar-refractivity contribution in [1.29, 1.82) is 0 Å². The molecule has 0 unspecified atom stereocenters. The van der Waals surface area contributed by atoms with E-state index < -0.39 is 0 Å². The number of anilines is 2. The lowest BCUT2D eigenvalue weighted by Gasteiger charge is -2.38. The first kappa shape index (κ1) is 23.2. The van der Waals surface area contributed by atoms with Crippen molar-refractivity contribution in [2.75, 3.05) is 51.4 Å². The number of methoxy groups -OCH3 is 2. The van der Waals surface area contributed by atoms with E-state index >= 15 is 0 Å². The van der Waals surface area contributed by atoms with Crippen molar-refractivity contribution in [3.63, 3.8) is 0 Å². The standard InChI is InChI=1S/C23H29ClN6O3/c1-32-20-12-16(25)15(24)11-14(20)22(31)27-19-7-9-30(13-21(19)33-2)10-8-26-23-28-17-5-3-4-6-18(17)29-23/h3-6,11-12,19,21H,7-10,13,25H2,1-2H3,(H,27,31)(H2,26,28,29)/t19-,21+/m1/s1. The molecule has 0 radical (unpaired) electrons. The molecule has 1 saturated heterocycles. The number of hydrogen-bond donors (Lipinski definition) is 4. The number of rotatable bonds is 8. The van der Waals surface area contributed by atoms with Crippen molar-refractivity contribution >= 4 is 40.2 Å². The molecule has 1 aliphatic heterocycles. The molecule has 1 aliphatic rings. The van der Waals surface area contributed by atoms with Crippen LogP contribution >= 0.6 is 11.6 Å². The van der Waals surface area contributed by atoms with Crippen molar-refractivity contribution in [3.8, 4) is 5.75 Å². The number of para-hydroxylation sites is 2. The maximum atomic E-state index is 12.9. The zero-order valence-electron chi connectivity index (χ0n) is 18.7. The number of H-pyrrole nitrogens is 1. The number of amides is 1. The molecule has 2 atom stereocenters. The minimum Gasteiger partial charge on any atom is -0.496 e. The van der Waals surface area contributed by atoms with Crippen molar-refractivity contribution in [1.82, 2.24) is 20.2 Å². The number of nitrogens with two attached hydrogens (primary N) is 1. The van der Waals surface area contributed by atoms with Crippen LogP contribution in [-0.2, 0) is 4.74 Å². The van der Waals surface area contributed by atoms with E-state index in [1.165, 1.54) is 13.2 Å². The molecule has 1 fully saturated rings. The summed E-state index contributed by atoms with van der Waals surface area (Å²) in [7, 11) is 3.16. The largest absolute Gasteiger partial charge is 0.496 e. The van der Waals surface area contributed by atoms with Crippen molar-refractivity contribution in [2.45, 2.75) is 18.6 Å². The number of carbonyl (C=O) groups excluding carboxylic acids is 1. The van der Waals surface area contributed by atoms with E-state index in [2.05, 4.69) is 25.5 Å². The summed E-state index contributed by atoms with van der Waals surface area (Å²) in [6, 6.07) is 10.9. The quantitative estimate of drug-likeness (QED) is 0.372. The van der Waals surface area contributed by atoms with Crippen LogP contribution in [0.15, 0.2) is 36.4 Å². The van der Waals surface area contributed by atoms with E-state index in [4.69, 9.17) is 26.8 Å². The summed E-state index contributed by atoms with van der Waals surface area (Å²) in [5.74, 6) is 0.885. The monoisotopic (exact) mass is 472 g/mol. The van der Waals surface area contributed by atoms with Gasteiger partial charge in [-0.3, -0.25) is 9.69 Å². The van der Waals surface area contributed by atoms with Crippen LogP contribution in [0.4, 0.5) is 11.6 Å². The molecule has 0 aliphatic carbocycles. The first-order chi connectivity index (χ1) is 16.0. The number of nitrogens with zero attached hydrogens (tertiary/aromatic N) is 2. The second-order valence-corrected chi connectivity index (χ2v) is 8.45. The number of halogens is 1. The number of ether oxygens (including phenoxy) is 2. The highest BCUT2D eigenvalue weighted by atomic mass is 35.5. The fourth-order valence-electron chi connectivity index (χ4n) is 4.12. The van der Waals surface area contributed by atoms with Crippen molar-refractivity contribution < 1.29 is 14.3 Å². The molecular weight excluding hydrogens is 444 g/mol. The van der Waals surface area contributed by atoms with Gasteiger partial charge >= 0.3 is 0 Å². The maximum absolute atomic E-state index is 12.9. The Kier molecular flexibility index (Phi) is 7.22. The van der Waals surface area contributed by atoms with E-state index in [1.807, 2.05) is 24.3 Å². The van der Waals surface area contributed by atoms with Crippen molar-refractivity contribution in [3.05, 3.63) is 47.0 Å². The summed E-state index contributed by atoms with van der Waals surface area (Å²) in [4.78, 5) is 23.0. The third-order valence-electron chi connectivity index (χ3n) is 5.94. The third kappa shape index (κ3) is 5.32. The Morgan fingerprint density at radius 2 is 2.15 bits per heavy atom. The number of benzene rings is 2. The van der Waals surface area contributed by atoms with Gasteiger partial charge in [-0.15, -0.1) is 0 Å². The zero-order chi connectivity index (χ0) is 23.4. The molecule has 33 heavy (non-hydrogen) atoms. The molecule has 5 N–H and O–H groups in total. The van der Waals surface area contributed by atoms with E-state index in [-0.39, 0.29) is 18.1 Å². The van der Waals surface area contributed by atoms with E-state index in [0.717, 1.165) is 43.0 Å². The highest BCUT2D eigenvalue weighted by molar-refractivity contribution is 6.33. The van der Waals surface area contributed by atoms with Gasteiger partial charge in [-0.05, 0) is 24.6 Å². The van der Waals surface area contributed by atoms with Gasteiger partial charge in [0.2, 0.25) is 5.95 Å². The maximum Gasteiger partial charge on any atom is 0.255 e.